The summed E-state index contributed by atoms with van der Waals surface area (Å²) in [5, 5.41) is 3.87. The minimum Gasteiger partial charge on any atom is -0.356 e. The van der Waals surface area contributed by atoms with E-state index in [0.29, 0.717) is 10.7 Å². The van der Waals surface area contributed by atoms with Crippen molar-refractivity contribution in [3.8, 4) is 0 Å². The summed E-state index contributed by atoms with van der Waals surface area (Å²) in [4.78, 5) is 0. The zero-order valence-electron chi connectivity index (χ0n) is 6.39. The monoisotopic (exact) mass is 171 g/mol. The van der Waals surface area contributed by atoms with Gasteiger partial charge in [-0.05, 0) is 37.4 Å². The van der Waals surface area contributed by atoms with Crippen LogP contribution in [0, 0.1) is 5.92 Å². The summed E-state index contributed by atoms with van der Waals surface area (Å²) >= 11 is 4.94. The molecule has 3 nitrogen and oxygen atoms in total. The first-order valence-corrected chi connectivity index (χ1v) is 4.46. The summed E-state index contributed by atoms with van der Waals surface area (Å²) in [5.41, 5.74) is 2.81. The molecule has 0 amide bonds. The first-order valence-electron chi connectivity index (χ1n) is 4.06. The van der Waals surface area contributed by atoms with E-state index in [1.54, 1.807) is 0 Å². The summed E-state index contributed by atoms with van der Waals surface area (Å²) in [6.07, 6.45) is 5.25. The second-order valence-corrected chi connectivity index (χ2v) is 3.96. The molecule has 0 aliphatic heterocycles. The molecule has 0 saturated heterocycles. The van der Waals surface area contributed by atoms with Gasteiger partial charge in [0.15, 0.2) is 5.11 Å². The predicted molar refractivity (Wildman–Crippen MR) is 47.7 cm³/mol. The van der Waals surface area contributed by atoms with Gasteiger partial charge in [0.25, 0.3) is 0 Å². The van der Waals surface area contributed by atoms with Crippen molar-refractivity contribution in [2.45, 2.75) is 31.2 Å². The normalized spacial score (nSPS) is 39.5. The molecule has 0 heterocycles. The fourth-order valence-corrected chi connectivity index (χ4v) is 2.41. The highest BCUT2D eigenvalue weighted by Crippen LogP contribution is 2.55. The fraction of sp³-hybridized carbons (Fsp3) is 0.857. The van der Waals surface area contributed by atoms with Gasteiger partial charge in [0.2, 0.25) is 0 Å². The third-order valence-corrected chi connectivity index (χ3v) is 3.12. The van der Waals surface area contributed by atoms with Crippen molar-refractivity contribution in [2.24, 2.45) is 11.8 Å². The Morgan fingerprint density at radius 2 is 2.45 bits per heavy atom. The third kappa shape index (κ3) is 1.10. The molecule has 2 aliphatic rings. The van der Waals surface area contributed by atoms with Crippen LogP contribution in [-0.2, 0) is 0 Å². The topological polar surface area (TPSA) is 50.1 Å². The molecule has 11 heavy (non-hydrogen) atoms. The molecule has 0 bridgehead atoms. The van der Waals surface area contributed by atoms with Crippen LogP contribution in [0.15, 0.2) is 0 Å². The third-order valence-electron chi connectivity index (χ3n) is 2.90. The molecule has 0 radical (unpaired) electrons. The number of rotatable bonds is 1. The van der Waals surface area contributed by atoms with Crippen molar-refractivity contribution < 1.29 is 0 Å². The van der Waals surface area contributed by atoms with Gasteiger partial charge in [0, 0.05) is 5.54 Å². The van der Waals surface area contributed by atoms with Crippen LogP contribution >= 0.6 is 12.2 Å². The highest BCUT2D eigenvalue weighted by atomic mass is 32.1. The summed E-state index contributed by atoms with van der Waals surface area (Å²) in [5.74, 6) is 6.04. The van der Waals surface area contributed by atoms with E-state index < -0.39 is 0 Å². The number of fused-ring (bicyclic) bond motifs is 1. The second-order valence-electron chi connectivity index (χ2n) is 3.55. The van der Waals surface area contributed by atoms with Crippen molar-refractivity contribution >= 4 is 17.3 Å². The molecule has 2 aliphatic carbocycles. The van der Waals surface area contributed by atoms with Gasteiger partial charge >= 0.3 is 0 Å². The lowest BCUT2D eigenvalue weighted by atomic mass is 10.2. The molecule has 2 unspecified atom stereocenters. The SMILES string of the molecule is NNC(=S)NC12CCCC1C2. The van der Waals surface area contributed by atoms with Crippen LogP contribution in [0.4, 0.5) is 0 Å². The average Bonchev–Trinajstić information content (AvgIpc) is 2.53. The van der Waals surface area contributed by atoms with Crippen LogP contribution < -0.4 is 16.6 Å². The molecule has 2 atom stereocenters. The largest absolute Gasteiger partial charge is 0.356 e. The van der Waals surface area contributed by atoms with Crippen LogP contribution in [0.2, 0.25) is 0 Å². The van der Waals surface area contributed by atoms with Crippen molar-refractivity contribution in [1.29, 1.82) is 0 Å². The number of nitrogens with one attached hydrogen (secondary N) is 2. The Morgan fingerprint density at radius 1 is 1.64 bits per heavy atom. The highest BCUT2D eigenvalue weighted by Gasteiger charge is 2.57. The predicted octanol–water partition coefficient (Wildman–Crippen LogP) is 0.267. The van der Waals surface area contributed by atoms with Crippen LogP contribution in [0.25, 0.3) is 0 Å². The van der Waals surface area contributed by atoms with E-state index in [2.05, 4.69) is 10.7 Å². The lowest BCUT2D eigenvalue weighted by Crippen LogP contribution is -2.46. The zero-order chi connectivity index (χ0) is 7.90. The van der Waals surface area contributed by atoms with Crippen molar-refractivity contribution in [2.75, 3.05) is 0 Å². The number of hydrazine groups is 1. The Kier molecular flexibility index (Phi) is 1.54. The van der Waals surface area contributed by atoms with Crippen molar-refractivity contribution in [1.82, 2.24) is 10.7 Å². The summed E-state index contributed by atoms with van der Waals surface area (Å²) < 4.78 is 0. The second kappa shape index (κ2) is 2.32. The van der Waals surface area contributed by atoms with E-state index in [9.17, 15) is 0 Å². The molecular formula is C7H13N3S. The molecular weight excluding hydrogens is 158 g/mol. The van der Waals surface area contributed by atoms with Gasteiger partial charge in [-0.25, -0.2) is 5.84 Å². The molecule has 0 aromatic carbocycles. The van der Waals surface area contributed by atoms with Crippen LogP contribution in [0.1, 0.15) is 25.7 Å². The van der Waals surface area contributed by atoms with E-state index in [0.717, 1.165) is 5.92 Å². The lowest BCUT2D eigenvalue weighted by Gasteiger charge is -2.15. The van der Waals surface area contributed by atoms with Gasteiger partial charge in [0.1, 0.15) is 0 Å². The summed E-state index contributed by atoms with van der Waals surface area (Å²) in [6.45, 7) is 0. The molecule has 2 rings (SSSR count). The van der Waals surface area contributed by atoms with Gasteiger partial charge in [-0.15, -0.1) is 0 Å². The Morgan fingerprint density at radius 3 is 2.91 bits per heavy atom. The highest BCUT2D eigenvalue weighted by molar-refractivity contribution is 7.80. The number of nitrogens with two attached hydrogens (primary N) is 1. The Hall–Kier alpha value is -0.350. The lowest BCUT2D eigenvalue weighted by molar-refractivity contribution is 0.571. The van der Waals surface area contributed by atoms with Crippen LogP contribution in [0.5, 0.6) is 0 Å². The van der Waals surface area contributed by atoms with E-state index in [1.165, 1.54) is 25.7 Å². The first-order chi connectivity index (χ1) is 5.27. The maximum atomic E-state index is 5.17. The summed E-state index contributed by atoms with van der Waals surface area (Å²) in [7, 11) is 0. The number of hydrogen-bond acceptors (Lipinski definition) is 2. The Balaban J connectivity index is 1.91. The van der Waals surface area contributed by atoms with Crippen molar-refractivity contribution in [3.63, 3.8) is 0 Å². The van der Waals surface area contributed by atoms with E-state index in [4.69, 9.17) is 18.1 Å². The maximum Gasteiger partial charge on any atom is 0.181 e. The fourth-order valence-electron chi connectivity index (χ4n) is 2.21. The van der Waals surface area contributed by atoms with Gasteiger partial charge in [-0.2, -0.15) is 0 Å². The first kappa shape index (κ1) is 7.31. The van der Waals surface area contributed by atoms with Crippen LogP contribution in [-0.4, -0.2) is 10.7 Å². The molecule has 62 valence electrons. The minimum atomic E-state index is 0.351. The quantitative estimate of drug-likeness (QED) is 0.301. The molecule has 0 spiro atoms. The Bertz CT molecular complexity index is 194. The van der Waals surface area contributed by atoms with Gasteiger partial charge in [-0.1, -0.05) is 6.42 Å². The average molecular weight is 171 g/mol. The summed E-state index contributed by atoms with van der Waals surface area (Å²) in [6, 6.07) is 0. The van der Waals surface area contributed by atoms with E-state index in [1.807, 2.05) is 0 Å². The smallest absolute Gasteiger partial charge is 0.181 e. The van der Waals surface area contributed by atoms with Gasteiger partial charge in [0.05, 0.1) is 0 Å². The maximum absolute atomic E-state index is 5.17. The molecule has 4 N–H and O–H groups in total. The van der Waals surface area contributed by atoms with E-state index >= 15 is 0 Å². The van der Waals surface area contributed by atoms with Crippen LogP contribution in [0.3, 0.4) is 0 Å². The molecule has 0 aromatic heterocycles. The Labute approximate surface area is 71.7 Å². The standard InChI is InChI=1S/C7H13N3S/c8-10-6(11)9-7-3-1-2-5(7)4-7/h5H,1-4,8H2,(H2,9,10,11). The minimum absolute atomic E-state index is 0.351. The molecule has 4 heteroatoms. The molecule has 2 fully saturated rings. The zero-order valence-corrected chi connectivity index (χ0v) is 7.21. The van der Waals surface area contributed by atoms with Gasteiger partial charge < -0.3 is 10.7 Å². The van der Waals surface area contributed by atoms with E-state index in [-0.39, 0.29) is 0 Å². The molecule has 2 saturated carbocycles. The van der Waals surface area contributed by atoms with Gasteiger partial charge in [-0.3, -0.25) is 0 Å². The number of hydrogen-bond donors (Lipinski definition) is 3. The van der Waals surface area contributed by atoms with Crippen molar-refractivity contribution in [3.05, 3.63) is 0 Å². The number of thiocarbonyl (C=S) groups is 1. The molecule has 0 aromatic rings.